The van der Waals surface area contributed by atoms with Crippen LogP contribution in [0.4, 0.5) is 5.69 Å². The normalized spacial score (nSPS) is 11.3. The minimum atomic E-state index is -3.73. The lowest BCUT2D eigenvalue weighted by atomic mass is 10.4. The van der Waals surface area contributed by atoms with Gasteiger partial charge in [-0.1, -0.05) is 23.7 Å². The summed E-state index contributed by atoms with van der Waals surface area (Å²) in [5.41, 5.74) is 0.215. The number of hydrogen-bond donors (Lipinski definition) is 1. The minimum absolute atomic E-state index is 0.0822. The van der Waals surface area contributed by atoms with Crippen LogP contribution in [-0.4, -0.2) is 13.4 Å². The second-order valence-electron chi connectivity index (χ2n) is 3.53. The van der Waals surface area contributed by atoms with E-state index in [4.69, 9.17) is 11.6 Å². The molecule has 100 valence electrons. The zero-order chi connectivity index (χ0) is 14.0. The van der Waals surface area contributed by atoms with Crippen molar-refractivity contribution < 1.29 is 8.42 Å². The fourth-order valence-corrected chi connectivity index (χ4v) is 3.96. The molecule has 0 amide bonds. The summed E-state index contributed by atoms with van der Waals surface area (Å²) in [6.45, 7) is 0. The minimum Gasteiger partial charge on any atom is -0.276 e. The molecular weight excluding hydrogens is 419 g/mol. The lowest BCUT2D eigenvalue weighted by Gasteiger charge is -2.10. The first kappa shape index (κ1) is 14.8. The van der Waals surface area contributed by atoms with E-state index in [1.807, 2.05) is 0 Å². The third-order valence-corrected chi connectivity index (χ3v) is 5.29. The van der Waals surface area contributed by atoms with Crippen LogP contribution in [0.1, 0.15) is 0 Å². The molecule has 1 N–H and O–H groups in total. The van der Waals surface area contributed by atoms with Gasteiger partial charge < -0.3 is 0 Å². The van der Waals surface area contributed by atoms with Crippen molar-refractivity contribution in [1.82, 2.24) is 4.98 Å². The summed E-state index contributed by atoms with van der Waals surface area (Å²) in [4.78, 5) is 3.99. The number of rotatable bonds is 3. The van der Waals surface area contributed by atoms with Gasteiger partial charge >= 0.3 is 0 Å². The Morgan fingerprint density at radius 3 is 2.58 bits per heavy atom. The maximum absolute atomic E-state index is 12.2. The molecule has 0 aliphatic heterocycles. The number of nitrogens with zero attached hydrogens (tertiary/aromatic N) is 1. The zero-order valence-corrected chi connectivity index (χ0v) is 14.0. The summed E-state index contributed by atoms with van der Waals surface area (Å²) in [6.07, 6.45) is 1.48. The van der Waals surface area contributed by atoms with Crippen LogP contribution in [0.5, 0.6) is 0 Å². The van der Waals surface area contributed by atoms with Crippen LogP contribution in [0, 0.1) is 0 Å². The predicted molar refractivity (Wildman–Crippen MR) is 81.9 cm³/mol. The van der Waals surface area contributed by atoms with E-state index in [2.05, 4.69) is 41.6 Å². The molecular formula is C11H7Br2ClN2O2S. The average Bonchev–Trinajstić information content (AvgIpc) is 2.34. The molecule has 1 aromatic carbocycles. The number of aromatic nitrogens is 1. The zero-order valence-electron chi connectivity index (χ0n) is 9.27. The van der Waals surface area contributed by atoms with Crippen LogP contribution in [0.25, 0.3) is 0 Å². The maximum Gasteiger partial charge on any atom is 0.263 e. The van der Waals surface area contributed by atoms with Gasteiger partial charge in [0.25, 0.3) is 10.0 Å². The van der Waals surface area contributed by atoms with Gasteiger partial charge in [-0.05, 0) is 50.1 Å². The highest BCUT2D eigenvalue weighted by molar-refractivity contribution is 9.10. The molecule has 0 saturated carbocycles. The van der Waals surface area contributed by atoms with Crippen molar-refractivity contribution in [1.29, 1.82) is 0 Å². The Morgan fingerprint density at radius 2 is 1.89 bits per heavy atom. The average molecular weight is 427 g/mol. The quantitative estimate of drug-likeness (QED) is 0.753. The Bertz CT molecular complexity index is 722. The van der Waals surface area contributed by atoms with Crippen molar-refractivity contribution in [3.8, 4) is 0 Å². The van der Waals surface area contributed by atoms with E-state index in [0.717, 1.165) is 0 Å². The van der Waals surface area contributed by atoms with Crippen molar-refractivity contribution in [2.75, 3.05) is 4.72 Å². The molecule has 0 spiro atoms. The predicted octanol–water partition coefficient (Wildman–Crippen LogP) is 4.06. The maximum atomic E-state index is 12.2. The monoisotopic (exact) mass is 424 g/mol. The molecule has 0 fully saturated rings. The third kappa shape index (κ3) is 3.47. The van der Waals surface area contributed by atoms with E-state index in [0.29, 0.717) is 8.95 Å². The molecule has 0 radical (unpaired) electrons. The van der Waals surface area contributed by atoms with Gasteiger partial charge in [0.15, 0.2) is 5.15 Å². The molecule has 0 aliphatic rings. The van der Waals surface area contributed by atoms with E-state index in [1.54, 1.807) is 24.3 Å². The van der Waals surface area contributed by atoms with Crippen molar-refractivity contribution in [2.24, 2.45) is 0 Å². The number of pyridine rings is 1. The molecule has 2 aromatic rings. The highest BCUT2D eigenvalue weighted by atomic mass is 79.9. The van der Waals surface area contributed by atoms with Crippen LogP contribution in [0.15, 0.2) is 50.4 Å². The van der Waals surface area contributed by atoms with Crippen molar-refractivity contribution >= 4 is 59.2 Å². The van der Waals surface area contributed by atoms with Gasteiger partial charge in [-0.3, -0.25) is 4.72 Å². The van der Waals surface area contributed by atoms with Crippen LogP contribution >= 0.6 is 43.5 Å². The van der Waals surface area contributed by atoms with Crippen LogP contribution in [0.2, 0.25) is 5.15 Å². The molecule has 1 aromatic heterocycles. The molecule has 0 bridgehead atoms. The van der Waals surface area contributed by atoms with Crippen LogP contribution in [-0.2, 0) is 10.0 Å². The Kier molecular flexibility index (Phi) is 4.50. The van der Waals surface area contributed by atoms with Gasteiger partial charge in [-0.25, -0.2) is 13.4 Å². The van der Waals surface area contributed by atoms with E-state index in [9.17, 15) is 8.42 Å². The third-order valence-electron chi connectivity index (χ3n) is 2.18. The number of hydrogen-bond acceptors (Lipinski definition) is 3. The lowest BCUT2D eigenvalue weighted by Crippen LogP contribution is -2.14. The highest BCUT2D eigenvalue weighted by Gasteiger charge is 2.18. The van der Waals surface area contributed by atoms with E-state index >= 15 is 0 Å². The second kappa shape index (κ2) is 5.78. The van der Waals surface area contributed by atoms with Gasteiger partial charge in [0, 0.05) is 15.1 Å². The smallest absolute Gasteiger partial charge is 0.263 e. The van der Waals surface area contributed by atoms with E-state index in [-0.39, 0.29) is 15.7 Å². The van der Waals surface area contributed by atoms with Crippen LogP contribution < -0.4 is 4.72 Å². The van der Waals surface area contributed by atoms with Crippen LogP contribution in [0.3, 0.4) is 0 Å². The fraction of sp³-hybridized carbons (Fsp3) is 0. The molecule has 8 heteroatoms. The van der Waals surface area contributed by atoms with E-state index < -0.39 is 10.0 Å². The molecule has 4 nitrogen and oxygen atoms in total. The molecule has 0 saturated heterocycles. The number of anilines is 1. The summed E-state index contributed by atoms with van der Waals surface area (Å²) in [5, 5.41) is 0.0822. The molecule has 19 heavy (non-hydrogen) atoms. The first-order chi connectivity index (χ1) is 8.90. The molecule has 2 rings (SSSR count). The molecule has 0 atom stereocenters. The molecule has 0 aliphatic carbocycles. The standard InChI is InChI=1S/C11H7Br2ClN2O2S/c12-7-5-9(11(14)15-6-7)16-19(17,18)10-4-2-1-3-8(10)13/h1-6,16H. The van der Waals surface area contributed by atoms with Gasteiger partial charge in [-0.15, -0.1) is 0 Å². The lowest BCUT2D eigenvalue weighted by molar-refractivity contribution is 0.600. The summed E-state index contributed by atoms with van der Waals surface area (Å²) in [6, 6.07) is 8.06. The Morgan fingerprint density at radius 1 is 1.21 bits per heavy atom. The Hall–Kier alpha value is -0.630. The Labute approximate surface area is 132 Å². The topological polar surface area (TPSA) is 59.1 Å². The van der Waals surface area contributed by atoms with Crippen molar-refractivity contribution in [3.05, 3.63) is 50.6 Å². The van der Waals surface area contributed by atoms with Gasteiger partial charge in [0.2, 0.25) is 0 Å². The van der Waals surface area contributed by atoms with Gasteiger partial charge in [-0.2, -0.15) is 0 Å². The summed E-state index contributed by atoms with van der Waals surface area (Å²) in [7, 11) is -3.73. The Balaban J connectivity index is 2.43. The largest absolute Gasteiger partial charge is 0.276 e. The first-order valence-electron chi connectivity index (χ1n) is 4.98. The van der Waals surface area contributed by atoms with Crippen molar-refractivity contribution in [3.63, 3.8) is 0 Å². The number of nitrogens with one attached hydrogen (secondary N) is 1. The number of sulfonamides is 1. The molecule has 1 heterocycles. The summed E-state index contributed by atoms with van der Waals surface area (Å²) in [5.74, 6) is 0. The molecule has 0 unspecified atom stereocenters. The number of benzene rings is 1. The number of halogens is 3. The van der Waals surface area contributed by atoms with Crippen molar-refractivity contribution in [2.45, 2.75) is 4.90 Å². The highest BCUT2D eigenvalue weighted by Crippen LogP contribution is 2.28. The summed E-state index contributed by atoms with van der Waals surface area (Å²) < 4.78 is 28.0. The second-order valence-corrected chi connectivity index (χ2v) is 7.31. The van der Waals surface area contributed by atoms with E-state index in [1.165, 1.54) is 12.3 Å². The van der Waals surface area contributed by atoms with Gasteiger partial charge in [0.1, 0.15) is 4.90 Å². The SMILES string of the molecule is O=S(=O)(Nc1cc(Br)cnc1Cl)c1ccccc1Br. The summed E-state index contributed by atoms with van der Waals surface area (Å²) >= 11 is 12.3. The first-order valence-corrected chi connectivity index (χ1v) is 8.43. The van der Waals surface area contributed by atoms with Gasteiger partial charge in [0.05, 0.1) is 5.69 Å². The fourth-order valence-electron chi connectivity index (χ4n) is 1.36.